The monoisotopic (exact) mass is 205 g/mol. The van der Waals surface area contributed by atoms with Gasteiger partial charge in [0.2, 0.25) is 0 Å². The fourth-order valence-corrected chi connectivity index (χ4v) is 2.16. The van der Waals surface area contributed by atoms with E-state index in [0.29, 0.717) is 5.92 Å². The van der Waals surface area contributed by atoms with Gasteiger partial charge in [-0.1, -0.05) is 19.9 Å². The molecular weight excluding hydrogens is 186 g/mol. The van der Waals surface area contributed by atoms with Crippen molar-refractivity contribution in [3.05, 3.63) is 23.9 Å². The van der Waals surface area contributed by atoms with Crippen LogP contribution in [0.1, 0.15) is 25.3 Å². The van der Waals surface area contributed by atoms with Crippen molar-refractivity contribution < 1.29 is 0 Å². The van der Waals surface area contributed by atoms with Gasteiger partial charge in [0.25, 0.3) is 0 Å². The van der Waals surface area contributed by atoms with Crippen LogP contribution in [0.3, 0.4) is 0 Å². The van der Waals surface area contributed by atoms with Gasteiger partial charge in [-0.2, -0.15) is 0 Å². The topological polar surface area (TPSA) is 42.1 Å². The minimum atomic E-state index is 0.237. The van der Waals surface area contributed by atoms with Crippen molar-refractivity contribution in [2.24, 2.45) is 11.1 Å². The SMILES string of the molecule is CN(C)c1ccc([C@H]2[C@H](N)C2(C)C)cn1. The maximum absolute atomic E-state index is 6.04. The van der Waals surface area contributed by atoms with Gasteiger partial charge < -0.3 is 10.6 Å². The van der Waals surface area contributed by atoms with Gasteiger partial charge in [-0.15, -0.1) is 0 Å². The van der Waals surface area contributed by atoms with Gasteiger partial charge in [0.05, 0.1) is 0 Å². The van der Waals surface area contributed by atoms with Crippen molar-refractivity contribution in [2.75, 3.05) is 19.0 Å². The van der Waals surface area contributed by atoms with Crippen molar-refractivity contribution in [1.82, 2.24) is 4.98 Å². The maximum atomic E-state index is 6.04. The number of aromatic nitrogens is 1. The van der Waals surface area contributed by atoms with Crippen molar-refractivity contribution in [1.29, 1.82) is 0 Å². The van der Waals surface area contributed by atoms with Gasteiger partial charge >= 0.3 is 0 Å². The lowest BCUT2D eigenvalue weighted by Gasteiger charge is -2.11. The molecule has 3 nitrogen and oxygen atoms in total. The van der Waals surface area contributed by atoms with E-state index >= 15 is 0 Å². The first-order valence-corrected chi connectivity index (χ1v) is 5.33. The van der Waals surface area contributed by atoms with Crippen LogP contribution in [-0.2, 0) is 0 Å². The molecule has 1 aromatic rings. The quantitative estimate of drug-likeness (QED) is 0.797. The Morgan fingerprint density at radius 3 is 2.27 bits per heavy atom. The Labute approximate surface area is 91.3 Å². The Bertz CT molecular complexity index is 354. The number of nitrogens with two attached hydrogens (primary N) is 1. The highest BCUT2D eigenvalue weighted by Crippen LogP contribution is 2.57. The molecule has 1 fully saturated rings. The maximum Gasteiger partial charge on any atom is 0.127 e. The van der Waals surface area contributed by atoms with E-state index in [0.717, 1.165) is 5.82 Å². The molecule has 0 saturated heterocycles. The van der Waals surface area contributed by atoms with Crippen LogP contribution in [0, 0.1) is 5.41 Å². The molecule has 0 aliphatic heterocycles. The summed E-state index contributed by atoms with van der Waals surface area (Å²) in [5, 5.41) is 0. The second-order valence-corrected chi connectivity index (χ2v) is 5.17. The van der Waals surface area contributed by atoms with Crippen molar-refractivity contribution in [2.45, 2.75) is 25.8 Å². The summed E-state index contributed by atoms with van der Waals surface area (Å²) in [5.74, 6) is 1.46. The van der Waals surface area contributed by atoms with Crippen molar-refractivity contribution >= 4 is 5.82 Å². The Kier molecular flexibility index (Phi) is 2.23. The molecule has 1 heterocycles. The minimum Gasteiger partial charge on any atom is -0.363 e. The molecule has 15 heavy (non-hydrogen) atoms. The summed E-state index contributed by atoms with van der Waals surface area (Å²) in [6.45, 7) is 4.42. The summed E-state index contributed by atoms with van der Waals surface area (Å²) < 4.78 is 0. The average Bonchev–Trinajstić information content (AvgIpc) is 2.66. The average molecular weight is 205 g/mol. The minimum absolute atomic E-state index is 0.237. The fraction of sp³-hybridized carbons (Fsp3) is 0.583. The van der Waals surface area contributed by atoms with Crippen LogP contribution in [0.5, 0.6) is 0 Å². The number of rotatable bonds is 2. The lowest BCUT2D eigenvalue weighted by atomic mass is 10.1. The van der Waals surface area contributed by atoms with Crippen LogP contribution in [0.15, 0.2) is 18.3 Å². The second kappa shape index (κ2) is 3.20. The van der Waals surface area contributed by atoms with E-state index in [4.69, 9.17) is 5.73 Å². The van der Waals surface area contributed by atoms with E-state index in [9.17, 15) is 0 Å². The Balaban J connectivity index is 2.19. The zero-order valence-electron chi connectivity index (χ0n) is 9.86. The van der Waals surface area contributed by atoms with E-state index in [2.05, 4.69) is 31.0 Å². The molecule has 2 rings (SSSR count). The number of anilines is 1. The van der Waals surface area contributed by atoms with E-state index < -0.39 is 0 Å². The Morgan fingerprint density at radius 1 is 1.33 bits per heavy atom. The first-order chi connectivity index (χ1) is 6.94. The first kappa shape index (κ1) is 10.4. The molecule has 1 aromatic heterocycles. The lowest BCUT2D eigenvalue weighted by molar-refractivity contribution is 0.598. The van der Waals surface area contributed by atoms with Gasteiger partial charge in [0.15, 0.2) is 0 Å². The normalized spacial score (nSPS) is 27.5. The number of hydrogen-bond donors (Lipinski definition) is 1. The van der Waals surface area contributed by atoms with E-state index in [1.807, 2.05) is 25.2 Å². The van der Waals surface area contributed by atoms with Gasteiger partial charge in [-0.05, 0) is 17.0 Å². The standard InChI is InChI=1S/C12H19N3/c1-12(2)10(11(12)13)8-5-6-9(14-7-8)15(3)4/h5-7,10-11H,13H2,1-4H3/t10-,11-/m0/s1. The van der Waals surface area contributed by atoms with Crippen LogP contribution in [0.25, 0.3) is 0 Å². The Morgan fingerprint density at radius 2 is 1.93 bits per heavy atom. The second-order valence-electron chi connectivity index (χ2n) is 5.17. The molecule has 2 atom stereocenters. The van der Waals surface area contributed by atoms with Gasteiger partial charge in [0, 0.05) is 32.3 Å². The Hall–Kier alpha value is -1.09. The van der Waals surface area contributed by atoms with Gasteiger partial charge in [-0.25, -0.2) is 4.98 Å². The third kappa shape index (κ3) is 1.61. The predicted molar refractivity (Wildman–Crippen MR) is 63.1 cm³/mol. The molecule has 3 heteroatoms. The van der Waals surface area contributed by atoms with Gasteiger partial charge in [0.1, 0.15) is 5.82 Å². The smallest absolute Gasteiger partial charge is 0.127 e. The summed E-state index contributed by atoms with van der Waals surface area (Å²) >= 11 is 0. The van der Waals surface area contributed by atoms with Crippen LogP contribution in [-0.4, -0.2) is 25.1 Å². The molecule has 0 unspecified atom stereocenters. The first-order valence-electron chi connectivity index (χ1n) is 5.33. The van der Waals surface area contributed by atoms with E-state index in [1.54, 1.807) is 0 Å². The summed E-state index contributed by atoms with van der Waals surface area (Å²) in [6.07, 6.45) is 1.95. The molecule has 0 spiro atoms. The number of pyridine rings is 1. The molecule has 1 aliphatic rings. The van der Waals surface area contributed by atoms with E-state index in [1.165, 1.54) is 5.56 Å². The highest BCUT2D eigenvalue weighted by Gasteiger charge is 2.56. The predicted octanol–water partition coefficient (Wildman–Crippen LogP) is 1.60. The molecule has 0 aromatic carbocycles. The van der Waals surface area contributed by atoms with E-state index in [-0.39, 0.29) is 11.5 Å². The fourth-order valence-electron chi connectivity index (χ4n) is 2.16. The highest BCUT2D eigenvalue weighted by molar-refractivity contribution is 5.41. The number of nitrogens with zero attached hydrogens (tertiary/aromatic N) is 2. The third-order valence-corrected chi connectivity index (χ3v) is 3.50. The largest absolute Gasteiger partial charge is 0.363 e. The summed E-state index contributed by atoms with van der Waals surface area (Å²) in [5.41, 5.74) is 7.54. The molecule has 82 valence electrons. The molecule has 1 saturated carbocycles. The zero-order valence-corrected chi connectivity index (χ0v) is 9.86. The molecule has 0 amide bonds. The molecule has 2 N–H and O–H groups in total. The summed E-state index contributed by atoms with van der Waals surface area (Å²) in [6, 6.07) is 4.47. The molecule has 0 radical (unpaired) electrons. The summed E-state index contributed by atoms with van der Waals surface area (Å²) in [7, 11) is 3.99. The number of hydrogen-bond acceptors (Lipinski definition) is 3. The van der Waals surface area contributed by atoms with Crippen LogP contribution < -0.4 is 10.6 Å². The molecule has 1 aliphatic carbocycles. The van der Waals surface area contributed by atoms with Crippen LogP contribution in [0.4, 0.5) is 5.82 Å². The third-order valence-electron chi connectivity index (χ3n) is 3.50. The zero-order chi connectivity index (χ0) is 11.2. The van der Waals surface area contributed by atoms with Crippen molar-refractivity contribution in [3.63, 3.8) is 0 Å². The molecule has 0 bridgehead atoms. The van der Waals surface area contributed by atoms with Crippen LogP contribution in [0.2, 0.25) is 0 Å². The van der Waals surface area contributed by atoms with Crippen molar-refractivity contribution in [3.8, 4) is 0 Å². The van der Waals surface area contributed by atoms with Crippen LogP contribution >= 0.6 is 0 Å². The van der Waals surface area contributed by atoms with Gasteiger partial charge in [-0.3, -0.25) is 0 Å². The molecular formula is C12H19N3. The lowest BCUT2D eigenvalue weighted by Crippen LogP contribution is -2.10. The summed E-state index contributed by atoms with van der Waals surface area (Å²) in [4.78, 5) is 6.41. The highest BCUT2D eigenvalue weighted by atomic mass is 15.1.